The van der Waals surface area contributed by atoms with Crippen molar-refractivity contribution in [1.29, 1.82) is 0 Å². The first-order valence-electron chi connectivity index (χ1n) is 7.46. The molecule has 0 aliphatic rings. The molecule has 0 aliphatic heterocycles. The summed E-state index contributed by atoms with van der Waals surface area (Å²) in [5, 5.41) is 4.52. The first-order chi connectivity index (χ1) is 12.0. The molecule has 0 heterocycles. The van der Waals surface area contributed by atoms with E-state index in [0.29, 0.717) is 0 Å². The quantitative estimate of drug-likeness (QED) is 0.228. The van der Waals surface area contributed by atoms with Crippen LogP contribution in [0.15, 0.2) is 78.6 Å². The van der Waals surface area contributed by atoms with Gasteiger partial charge in [-0.3, -0.25) is 0 Å². The van der Waals surface area contributed by atoms with E-state index in [1.165, 1.54) is 0 Å². The maximum atomic E-state index is 6.20. The highest BCUT2D eigenvalue weighted by Gasteiger charge is 2.12. The number of halogens is 4. The molecule has 4 rings (SSSR count). The zero-order valence-electron chi connectivity index (χ0n) is 12.7. The summed E-state index contributed by atoms with van der Waals surface area (Å²) >= 11 is 14.4. The topological polar surface area (TPSA) is 9.23 Å². The van der Waals surface area contributed by atoms with E-state index in [1.807, 2.05) is 24.3 Å². The second-order valence-electron chi connectivity index (χ2n) is 5.59. The van der Waals surface area contributed by atoms with Gasteiger partial charge in [0.05, 0.1) is 8.95 Å². The highest BCUT2D eigenvalue weighted by molar-refractivity contribution is 9.11. The number of ether oxygens (including phenoxy) is 1. The minimum atomic E-state index is 0.784. The molecule has 0 atom stereocenters. The Balaban J connectivity index is 1.80. The predicted molar refractivity (Wildman–Crippen MR) is 119 cm³/mol. The zero-order valence-corrected chi connectivity index (χ0v) is 19.0. The summed E-state index contributed by atoms with van der Waals surface area (Å²) in [4.78, 5) is 0. The van der Waals surface area contributed by atoms with E-state index in [2.05, 4.69) is 100 Å². The Morgan fingerprint density at radius 1 is 0.520 bits per heavy atom. The second-order valence-corrected chi connectivity index (χ2v) is 9.01. The Morgan fingerprint density at radius 3 is 1.40 bits per heavy atom. The number of hydrogen-bond donors (Lipinski definition) is 0. The van der Waals surface area contributed by atoms with Gasteiger partial charge in [-0.05, 0) is 89.8 Å². The van der Waals surface area contributed by atoms with Gasteiger partial charge in [0.15, 0.2) is 0 Å². The van der Waals surface area contributed by atoms with Crippen molar-refractivity contribution in [3.8, 4) is 11.5 Å². The van der Waals surface area contributed by atoms with Gasteiger partial charge in [0.2, 0.25) is 0 Å². The van der Waals surface area contributed by atoms with Crippen LogP contribution in [0.25, 0.3) is 21.5 Å². The molecule has 4 aromatic carbocycles. The summed E-state index contributed by atoms with van der Waals surface area (Å²) in [5.41, 5.74) is 0. The molecule has 0 aromatic heterocycles. The minimum Gasteiger partial charge on any atom is -0.455 e. The Morgan fingerprint density at radius 2 is 0.960 bits per heavy atom. The third-order valence-corrected chi connectivity index (χ3v) is 6.60. The highest BCUT2D eigenvalue weighted by Crippen LogP contribution is 2.41. The SMILES string of the molecule is Brc1ccc2c(Br)c(Oc3ccc4cc(Br)ccc4c3Br)ccc2c1. The van der Waals surface area contributed by atoms with Crippen LogP contribution in [0.1, 0.15) is 0 Å². The second kappa shape index (κ2) is 7.03. The van der Waals surface area contributed by atoms with Gasteiger partial charge < -0.3 is 4.74 Å². The van der Waals surface area contributed by atoms with Gasteiger partial charge in [0, 0.05) is 8.95 Å². The lowest BCUT2D eigenvalue weighted by Crippen LogP contribution is -1.89. The van der Waals surface area contributed by atoms with E-state index < -0.39 is 0 Å². The van der Waals surface area contributed by atoms with Crippen molar-refractivity contribution in [1.82, 2.24) is 0 Å². The fourth-order valence-corrected chi connectivity index (χ4v) is 4.67. The molecule has 4 aromatic rings. The molecular formula is C20H10Br4O. The molecule has 0 amide bonds. The van der Waals surface area contributed by atoms with Crippen molar-refractivity contribution in [2.75, 3.05) is 0 Å². The van der Waals surface area contributed by atoms with E-state index in [1.54, 1.807) is 0 Å². The number of fused-ring (bicyclic) bond motifs is 2. The van der Waals surface area contributed by atoms with Gasteiger partial charge in [-0.1, -0.05) is 56.1 Å². The lowest BCUT2D eigenvalue weighted by molar-refractivity contribution is 0.478. The van der Waals surface area contributed by atoms with Crippen LogP contribution in [0.3, 0.4) is 0 Å². The van der Waals surface area contributed by atoms with E-state index in [4.69, 9.17) is 4.74 Å². The molecule has 25 heavy (non-hydrogen) atoms. The molecule has 0 aliphatic carbocycles. The fraction of sp³-hybridized carbons (Fsp3) is 0. The van der Waals surface area contributed by atoms with E-state index >= 15 is 0 Å². The third kappa shape index (κ3) is 3.39. The Hall–Kier alpha value is -0.880. The van der Waals surface area contributed by atoms with E-state index in [9.17, 15) is 0 Å². The van der Waals surface area contributed by atoms with Crippen LogP contribution in [0.4, 0.5) is 0 Å². The van der Waals surface area contributed by atoms with Gasteiger partial charge in [0.1, 0.15) is 11.5 Å². The fourth-order valence-electron chi connectivity index (χ4n) is 2.76. The van der Waals surface area contributed by atoms with Crippen molar-refractivity contribution in [2.24, 2.45) is 0 Å². The van der Waals surface area contributed by atoms with Crippen LogP contribution >= 0.6 is 63.7 Å². The summed E-state index contributed by atoms with van der Waals surface area (Å²) < 4.78 is 10.2. The molecule has 124 valence electrons. The van der Waals surface area contributed by atoms with Crippen molar-refractivity contribution < 1.29 is 4.74 Å². The summed E-state index contributed by atoms with van der Waals surface area (Å²) in [6, 6.07) is 20.5. The molecule has 0 saturated heterocycles. The van der Waals surface area contributed by atoms with Crippen LogP contribution in [-0.2, 0) is 0 Å². The molecule has 0 radical (unpaired) electrons. The van der Waals surface area contributed by atoms with Crippen LogP contribution in [0.5, 0.6) is 11.5 Å². The number of benzene rings is 4. The molecule has 0 bridgehead atoms. The molecule has 0 spiro atoms. The molecule has 1 nitrogen and oxygen atoms in total. The smallest absolute Gasteiger partial charge is 0.142 e. The van der Waals surface area contributed by atoms with Gasteiger partial charge in [-0.2, -0.15) is 0 Å². The van der Waals surface area contributed by atoms with E-state index in [-0.39, 0.29) is 0 Å². The molecule has 0 fully saturated rings. The highest BCUT2D eigenvalue weighted by atomic mass is 79.9. The predicted octanol–water partition coefficient (Wildman–Crippen LogP) is 8.84. The average molecular weight is 586 g/mol. The van der Waals surface area contributed by atoms with Gasteiger partial charge in [0.25, 0.3) is 0 Å². The van der Waals surface area contributed by atoms with Crippen molar-refractivity contribution in [3.63, 3.8) is 0 Å². The van der Waals surface area contributed by atoms with Crippen LogP contribution in [0, 0.1) is 0 Å². The average Bonchev–Trinajstić information content (AvgIpc) is 2.59. The van der Waals surface area contributed by atoms with Crippen molar-refractivity contribution in [3.05, 3.63) is 78.6 Å². The lowest BCUT2D eigenvalue weighted by atomic mass is 10.1. The van der Waals surface area contributed by atoms with Crippen molar-refractivity contribution in [2.45, 2.75) is 0 Å². The molecule has 0 N–H and O–H groups in total. The minimum absolute atomic E-state index is 0.784. The standard InChI is InChI=1S/C20H10Br4O/c21-13-3-5-15-11(9-13)1-7-17(19(15)23)25-18-8-2-12-10-14(22)4-6-16(12)20(18)24/h1-10H. The Kier molecular flexibility index (Phi) is 4.93. The number of hydrogen-bond acceptors (Lipinski definition) is 1. The maximum absolute atomic E-state index is 6.20. The maximum Gasteiger partial charge on any atom is 0.142 e. The summed E-state index contributed by atoms with van der Waals surface area (Å²) in [6.45, 7) is 0. The van der Waals surface area contributed by atoms with Crippen LogP contribution in [-0.4, -0.2) is 0 Å². The third-order valence-electron chi connectivity index (χ3n) is 3.98. The summed E-state index contributed by atoms with van der Waals surface area (Å²) in [5.74, 6) is 1.57. The van der Waals surface area contributed by atoms with Crippen LogP contribution in [0.2, 0.25) is 0 Å². The normalized spacial score (nSPS) is 11.2. The lowest BCUT2D eigenvalue weighted by Gasteiger charge is -2.13. The Labute approximate surface area is 178 Å². The first kappa shape index (κ1) is 17.5. The monoisotopic (exact) mass is 582 g/mol. The molecule has 5 heteroatoms. The van der Waals surface area contributed by atoms with Gasteiger partial charge in [-0.15, -0.1) is 0 Å². The van der Waals surface area contributed by atoms with Gasteiger partial charge >= 0.3 is 0 Å². The summed E-state index contributed by atoms with van der Waals surface area (Å²) in [6.07, 6.45) is 0. The first-order valence-corrected chi connectivity index (χ1v) is 10.6. The largest absolute Gasteiger partial charge is 0.455 e. The van der Waals surface area contributed by atoms with Crippen LogP contribution < -0.4 is 4.74 Å². The molecule has 0 unspecified atom stereocenters. The van der Waals surface area contributed by atoms with Crippen molar-refractivity contribution >= 4 is 85.3 Å². The molecule has 0 saturated carbocycles. The van der Waals surface area contributed by atoms with E-state index in [0.717, 1.165) is 50.9 Å². The zero-order chi connectivity index (χ0) is 17.6. The molecular weight excluding hydrogens is 576 g/mol. The van der Waals surface area contributed by atoms with Gasteiger partial charge in [-0.25, -0.2) is 0 Å². The Bertz CT molecular complexity index is 1030. The number of rotatable bonds is 2. The summed E-state index contributed by atoms with van der Waals surface area (Å²) in [7, 11) is 0.